The molecular weight excluding hydrogens is 398 g/mol. The minimum absolute atomic E-state index is 0.0544. The third kappa shape index (κ3) is 6.06. The molecule has 0 saturated carbocycles. The number of hydrogen-bond acceptors (Lipinski definition) is 5. The Morgan fingerprint density at radius 1 is 1.10 bits per heavy atom. The number of amides is 2. The van der Waals surface area contributed by atoms with Gasteiger partial charge in [0.25, 0.3) is 11.8 Å². The van der Waals surface area contributed by atoms with Crippen molar-refractivity contribution < 1.29 is 24.2 Å². The average molecular weight is 421 g/mol. The van der Waals surface area contributed by atoms with E-state index in [1.807, 2.05) is 6.07 Å². The first-order valence-electron chi connectivity index (χ1n) is 10.0. The fraction of sp³-hybridized carbons (Fsp3) is 0.304. The second kappa shape index (κ2) is 10.3. The molecule has 8 heteroatoms. The van der Waals surface area contributed by atoms with Crippen LogP contribution in [0, 0.1) is 11.3 Å². The molecule has 1 aliphatic rings. The zero-order valence-corrected chi connectivity index (χ0v) is 16.9. The van der Waals surface area contributed by atoms with Gasteiger partial charge in [-0.3, -0.25) is 14.4 Å². The molecular formula is C23H23N3O5. The number of benzene rings is 2. The number of carbonyl (C=O) groups is 3. The molecule has 0 aliphatic carbocycles. The summed E-state index contributed by atoms with van der Waals surface area (Å²) in [5, 5.41) is 20.8. The van der Waals surface area contributed by atoms with Crippen molar-refractivity contribution in [2.24, 2.45) is 0 Å². The van der Waals surface area contributed by atoms with Crippen LogP contribution in [0.5, 0.6) is 5.75 Å². The highest BCUT2D eigenvalue weighted by atomic mass is 16.5. The molecule has 3 rings (SSSR count). The van der Waals surface area contributed by atoms with Crippen LogP contribution in [0.3, 0.4) is 0 Å². The van der Waals surface area contributed by atoms with Crippen LogP contribution in [0.25, 0.3) is 0 Å². The van der Waals surface area contributed by atoms with Gasteiger partial charge in [-0.1, -0.05) is 6.07 Å². The number of carboxylic acids is 1. The van der Waals surface area contributed by atoms with Crippen molar-refractivity contribution in [3.05, 3.63) is 65.2 Å². The number of rotatable bonds is 8. The van der Waals surface area contributed by atoms with Gasteiger partial charge < -0.3 is 20.1 Å². The highest BCUT2D eigenvalue weighted by Crippen LogP contribution is 2.15. The SMILES string of the molecule is N#Cc1cccc(OCC(CC(=O)O)NC(=O)c2ccc(C(=O)N3CCCC3)cc2)c1. The molecule has 160 valence electrons. The summed E-state index contributed by atoms with van der Waals surface area (Å²) in [6.45, 7) is 1.42. The van der Waals surface area contributed by atoms with E-state index in [1.54, 1.807) is 47.4 Å². The van der Waals surface area contributed by atoms with Crippen LogP contribution in [-0.4, -0.2) is 53.5 Å². The van der Waals surface area contributed by atoms with Crippen molar-refractivity contribution in [3.8, 4) is 11.8 Å². The summed E-state index contributed by atoms with van der Waals surface area (Å²) in [5.41, 5.74) is 1.25. The Hall–Kier alpha value is -3.86. The third-order valence-electron chi connectivity index (χ3n) is 4.96. The number of nitrogens with zero attached hydrogens (tertiary/aromatic N) is 2. The predicted octanol–water partition coefficient (Wildman–Crippen LogP) is 2.45. The lowest BCUT2D eigenvalue weighted by molar-refractivity contribution is -0.137. The van der Waals surface area contributed by atoms with Gasteiger partial charge in [0, 0.05) is 24.2 Å². The van der Waals surface area contributed by atoms with Gasteiger partial charge in [0.2, 0.25) is 0 Å². The first-order valence-corrected chi connectivity index (χ1v) is 10.0. The van der Waals surface area contributed by atoms with E-state index in [-0.39, 0.29) is 18.9 Å². The highest BCUT2D eigenvalue weighted by molar-refractivity contribution is 5.98. The fourth-order valence-corrected chi connectivity index (χ4v) is 3.35. The zero-order chi connectivity index (χ0) is 22.2. The second-order valence-corrected chi connectivity index (χ2v) is 7.30. The minimum atomic E-state index is -1.08. The van der Waals surface area contributed by atoms with Gasteiger partial charge in [-0.05, 0) is 55.3 Å². The van der Waals surface area contributed by atoms with Crippen LogP contribution in [0.1, 0.15) is 45.5 Å². The fourth-order valence-electron chi connectivity index (χ4n) is 3.35. The number of nitriles is 1. The summed E-state index contributed by atoms with van der Waals surface area (Å²) in [6, 6.07) is 14.0. The molecule has 2 amide bonds. The molecule has 1 atom stereocenters. The molecule has 0 bridgehead atoms. The highest BCUT2D eigenvalue weighted by Gasteiger charge is 2.21. The second-order valence-electron chi connectivity index (χ2n) is 7.30. The van der Waals surface area contributed by atoms with Crippen molar-refractivity contribution in [2.45, 2.75) is 25.3 Å². The van der Waals surface area contributed by atoms with Gasteiger partial charge in [0.15, 0.2) is 0 Å². The van der Waals surface area contributed by atoms with Gasteiger partial charge in [-0.2, -0.15) is 5.26 Å². The van der Waals surface area contributed by atoms with Crippen molar-refractivity contribution in [1.82, 2.24) is 10.2 Å². The summed E-state index contributed by atoms with van der Waals surface area (Å²) >= 11 is 0. The molecule has 1 fully saturated rings. The molecule has 0 spiro atoms. The molecule has 0 aromatic heterocycles. The largest absolute Gasteiger partial charge is 0.491 e. The van der Waals surface area contributed by atoms with E-state index in [0.29, 0.717) is 22.4 Å². The molecule has 1 unspecified atom stereocenters. The van der Waals surface area contributed by atoms with E-state index in [4.69, 9.17) is 15.1 Å². The molecule has 1 saturated heterocycles. The Balaban J connectivity index is 1.62. The zero-order valence-electron chi connectivity index (χ0n) is 16.9. The van der Waals surface area contributed by atoms with Crippen LogP contribution in [0.4, 0.5) is 0 Å². The van der Waals surface area contributed by atoms with E-state index in [2.05, 4.69) is 5.32 Å². The van der Waals surface area contributed by atoms with E-state index >= 15 is 0 Å². The molecule has 2 N–H and O–H groups in total. The molecule has 2 aromatic carbocycles. The Morgan fingerprint density at radius 2 is 1.77 bits per heavy atom. The normalized spacial score (nSPS) is 13.8. The smallest absolute Gasteiger partial charge is 0.305 e. The Bertz CT molecular complexity index is 991. The molecule has 1 heterocycles. The van der Waals surface area contributed by atoms with Gasteiger partial charge in [0.1, 0.15) is 12.4 Å². The predicted molar refractivity (Wildman–Crippen MR) is 112 cm³/mol. The lowest BCUT2D eigenvalue weighted by Gasteiger charge is -2.18. The van der Waals surface area contributed by atoms with Gasteiger partial charge in [-0.15, -0.1) is 0 Å². The third-order valence-corrected chi connectivity index (χ3v) is 4.96. The minimum Gasteiger partial charge on any atom is -0.491 e. The molecule has 2 aromatic rings. The topological polar surface area (TPSA) is 120 Å². The van der Waals surface area contributed by atoms with Crippen LogP contribution >= 0.6 is 0 Å². The number of nitrogens with one attached hydrogen (secondary N) is 1. The quantitative estimate of drug-likeness (QED) is 0.676. The Morgan fingerprint density at radius 3 is 2.42 bits per heavy atom. The summed E-state index contributed by atoms with van der Waals surface area (Å²) in [4.78, 5) is 38.0. The van der Waals surface area contributed by atoms with Crippen molar-refractivity contribution >= 4 is 17.8 Å². The maximum Gasteiger partial charge on any atom is 0.305 e. The number of likely N-dealkylation sites (tertiary alicyclic amines) is 1. The number of carbonyl (C=O) groups excluding carboxylic acids is 2. The molecule has 31 heavy (non-hydrogen) atoms. The van der Waals surface area contributed by atoms with Gasteiger partial charge in [-0.25, -0.2) is 0 Å². The number of carboxylic acid groups (broad SMARTS) is 1. The lowest BCUT2D eigenvalue weighted by Crippen LogP contribution is -2.40. The van der Waals surface area contributed by atoms with Crippen molar-refractivity contribution in [3.63, 3.8) is 0 Å². The summed E-state index contributed by atoms with van der Waals surface area (Å²) in [6.07, 6.45) is 1.68. The van der Waals surface area contributed by atoms with Crippen LogP contribution < -0.4 is 10.1 Å². The van der Waals surface area contributed by atoms with E-state index in [0.717, 1.165) is 25.9 Å². The number of ether oxygens (including phenoxy) is 1. The average Bonchev–Trinajstić information content (AvgIpc) is 3.32. The monoisotopic (exact) mass is 421 g/mol. The maximum atomic E-state index is 12.6. The molecule has 8 nitrogen and oxygen atoms in total. The standard InChI is InChI=1S/C23H23N3O5/c24-14-16-4-3-5-20(12-16)31-15-19(13-21(27)28)25-22(29)17-6-8-18(9-7-17)23(30)26-10-1-2-11-26/h3-9,12,19H,1-2,10-11,13,15H2,(H,25,29)(H,27,28). The first kappa shape index (κ1) is 21.8. The molecule has 1 aliphatic heterocycles. The van der Waals surface area contributed by atoms with Crippen molar-refractivity contribution in [2.75, 3.05) is 19.7 Å². The number of aliphatic carboxylic acids is 1. The lowest BCUT2D eigenvalue weighted by atomic mass is 10.1. The molecule has 0 radical (unpaired) electrons. The summed E-state index contributed by atoms with van der Waals surface area (Å²) in [5.74, 6) is -1.18. The van der Waals surface area contributed by atoms with Gasteiger partial charge in [0.05, 0.1) is 24.1 Å². The first-order chi connectivity index (χ1) is 15.0. The van der Waals surface area contributed by atoms with E-state index < -0.39 is 17.9 Å². The van der Waals surface area contributed by atoms with E-state index in [9.17, 15) is 14.4 Å². The van der Waals surface area contributed by atoms with Crippen LogP contribution in [-0.2, 0) is 4.79 Å². The maximum absolute atomic E-state index is 12.6. The Labute approximate surface area is 180 Å². The Kier molecular flexibility index (Phi) is 7.22. The van der Waals surface area contributed by atoms with Crippen LogP contribution in [0.2, 0.25) is 0 Å². The summed E-state index contributed by atoms with van der Waals surface area (Å²) < 4.78 is 5.58. The van der Waals surface area contributed by atoms with Crippen molar-refractivity contribution in [1.29, 1.82) is 5.26 Å². The van der Waals surface area contributed by atoms with Gasteiger partial charge >= 0.3 is 5.97 Å². The summed E-state index contributed by atoms with van der Waals surface area (Å²) in [7, 11) is 0. The van der Waals surface area contributed by atoms with Crippen LogP contribution in [0.15, 0.2) is 48.5 Å². The van der Waals surface area contributed by atoms with E-state index in [1.165, 1.54) is 6.07 Å². The number of hydrogen-bond donors (Lipinski definition) is 2.